The van der Waals surface area contributed by atoms with E-state index < -0.39 is 0 Å². The fourth-order valence-corrected chi connectivity index (χ4v) is 2.38. The predicted octanol–water partition coefficient (Wildman–Crippen LogP) is 0.572. The lowest BCUT2D eigenvalue weighted by Gasteiger charge is -2.43. The summed E-state index contributed by atoms with van der Waals surface area (Å²) in [5.74, 6) is -0.171. The molecule has 2 unspecified atom stereocenters. The van der Waals surface area contributed by atoms with Gasteiger partial charge < -0.3 is 9.80 Å². The minimum atomic E-state index is -0.189. The molecule has 2 amide bonds. The first-order valence-corrected chi connectivity index (χ1v) is 6.81. The van der Waals surface area contributed by atoms with Gasteiger partial charge in [0.15, 0.2) is 0 Å². The van der Waals surface area contributed by atoms with Crippen LogP contribution in [0, 0.1) is 0 Å². The second-order valence-corrected chi connectivity index (χ2v) is 5.24. The Bertz CT molecular complexity index is 357. The number of nitrogens with zero attached hydrogens (tertiary/aromatic N) is 3. The van der Waals surface area contributed by atoms with Crippen molar-refractivity contribution in [3.8, 4) is 0 Å². The molecule has 0 aromatic heterocycles. The van der Waals surface area contributed by atoms with E-state index in [1.807, 2.05) is 18.7 Å². The highest BCUT2D eigenvalue weighted by molar-refractivity contribution is 5.91. The SMILES string of the molecule is C=CC(=O)N(CC)CC(=O)N1CC(C)N(C)CC1C. The highest BCUT2D eigenvalue weighted by atomic mass is 16.2. The lowest BCUT2D eigenvalue weighted by molar-refractivity contribution is -0.142. The third-order valence-corrected chi connectivity index (χ3v) is 3.81. The topological polar surface area (TPSA) is 43.9 Å². The molecule has 0 spiro atoms. The first kappa shape index (κ1) is 15.7. The molecule has 2 atom stereocenters. The summed E-state index contributed by atoms with van der Waals surface area (Å²) in [6.07, 6.45) is 1.26. The molecular formula is C14H25N3O2. The van der Waals surface area contributed by atoms with E-state index in [1.54, 1.807) is 0 Å². The molecule has 0 bridgehead atoms. The van der Waals surface area contributed by atoms with Crippen molar-refractivity contribution in [3.63, 3.8) is 0 Å². The zero-order chi connectivity index (χ0) is 14.6. The molecule has 1 rings (SSSR count). The van der Waals surface area contributed by atoms with Crippen molar-refractivity contribution >= 4 is 11.8 Å². The largest absolute Gasteiger partial charge is 0.336 e. The van der Waals surface area contributed by atoms with Gasteiger partial charge in [0.2, 0.25) is 11.8 Å². The summed E-state index contributed by atoms with van der Waals surface area (Å²) in [5.41, 5.74) is 0. The Balaban J connectivity index is 2.66. The lowest BCUT2D eigenvalue weighted by atomic mass is 10.1. The molecule has 1 saturated heterocycles. The molecule has 0 N–H and O–H groups in total. The van der Waals surface area contributed by atoms with Gasteiger partial charge in [-0.25, -0.2) is 0 Å². The molecular weight excluding hydrogens is 242 g/mol. The van der Waals surface area contributed by atoms with Crippen molar-refractivity contribution < 1.29 is 9.59 Å². The van der Waals surface area contributed by atoms with Crippen LogP contribution in [0.3, 0.4) is 0 Å². The minimum Gasteiger partial charge on any atom is -0.336 e. The third kappa shape index (κ3) is 3.80. The summed E-state index contributed by atoms with van der Waals surface area (Å²) in [6, 6.07) is 0.538. The first-order chi connectivity index (χ1) is 8.90. The molecule has 1 aliphatic rings. The van der Waals surface area contributed by atoms with E-state index in [1.165, 1.54) is 11.0 Å². The van der Waals surface area contributed by atoms with Gasteiger partial charge in [0.25, 0.3) is 0 Å². The van der Waals surface area contributed by atoms with Crippen LogP contribution in [0.25, 0.3) is 0 Å². The van der Waals surface area contributed by atoms with Gasteiger partial charge in [0, 0.05) is 31.7 Å². The zero-order valence-electron chi connectivity index (χ0n) is 12.4. The molecule has 0 aromatic carbocycles. The number of hydrogen-bond donors (Lipinski definition) is 0. The number of piperazine rings is 1. The Kier molecular flexibility index (Phi) is 5.54. The molecule has 1 fully saturated rings. The summed E-state index contributed by atoms with van der Waals surface area (Å²) >= 11 is 0. The Morgan fingerprint density at radius 2 is 1.95 bits per heavy atom. The summed E-state index contributed by atoms with van der Waals surface area (Å²) in [7, 11) is 2.07. The smallest absolute Gasteiger partial charge is 0.246 e. The van der Waals surface area contributed by atoms with Gasteiger partial charge in [-0.1, -0.05) is 6.58 Å². The van der Waals surface area contributed by atoms with Crippen LogP contribution < -0.4 is 0 Å². The van der Waals surface area contributed by atoms with Crippen molar-refractivity contribution in [2.24, 2.45) is 0 Å². The van der Waals surface area contributed by atoms with Crippen molar-refractivity contribution in [1.82, 2.24) is 14.7 Å². The average molecular weight is 267 g/mol. The Morgan fingerprint density at radius 1 is 1.32 bits per heavy atom. The maximum atomic E-state index is 12.3. The van der Waals surface area contributed by atoms with Crippen LogP contribution >= 0.6 is 0 Å². The van der Waals surface area contributed by atoms with Gasteiger partial charge in [0.1, 0.15) is 6.54 Å². The molecule has 0 aliphatic carbocycles. The van der Waals surface area contributed by atoms with Crippen LogP contribution in [0.1, 0.15) is 20.8 Å². The molecule has 5 nitrogen and oxygen atoms in total. The van der Waals surface area contributed by atoms with E-state index in [0.29, 0.717) is 12.6 Å². The standard InChI is InChI=1S/C14H25N3O2/c1-6-13(18)16(7-2)10-14(19)17-9-11(3)15(5)8-12(17)4/h6,11-12H,1,7-10H2,2-5H3. The lowest BCUT2D eigenvalue weighted by Crippen LogP contribution is -2.58. The highest BCUT2D eigenvalue weighted by Gasteiger charge is 2.30. The van der Waals surface area contributed by atoms with E-state index in [-0.39, 0.29) is 24.4 Å². The zero-order valence-corrected chi connectivity index (χ0v) is 12.4. The van der Waals surface area contributed by atoms with Crippen molar-refractivity contribution in [2.45, 2.75) is 32.9 Å². The summed E-state index contributed by atoms with van der Waals surface area (Å²) < 4.78 is 0. The quantitative estimate of drug-likeness (QED) is 0.700. The van der Waals surface area contributed by atoms with Gasteiger partial charge in [-0.05, 0) is 33.9 Å². The highest BCUT2D eigenvalue weighted by Crippen LogP contribution is 2.13. The molecule has 1 aliphatic heterocycles. The van der Waals surface area contributed by atoms with E-state index in [0.717, 1.165) is 13.1 Å². The van der Waals surface area contributed by atoms with Gasteiger partial charge >= 0.3 is 0 Å². The number of rotatable bonds is 4. The van der Waals surface area contributed by atoms with Gasteiger partial charge in [-0.2, -0.15) is 0 Å². The summed E-state index contributed by atoms with van der Waals surface area (Å²) in [4.78, 5) is 29.6. The number of hydrogen-bond acceptors (Lipinski definition) is 3. The fraction of sp³-hybridized carbons (Fsp3) is 0.714. The van der Waals surface area contributed by atoms with Gasteiger partial charge in [-0.15, -0.1) is 0 Å². The predicted molar refractivity (Wildman–Crippen MR) is 75.7 cm³/mol. The Hall–Kier alpha value is -1.36. The minimum absolute atomic E-state index is 0.0181. The molecule has 0 saturated carbocycles. The first-order valence-electron chi connectivity index (χ1n) is 6.81. The summed E-state index contributed by atoms with van der Waals surface area (Å²) in [5, 5.41) is 0. The maximum absolute atomic E-state index is 12.3. The van der Waals surface area contributed by atoms with E-state index in [9.17, 15) is 9.59 Å². The van der Waals surface area contributed by atoms with Gasteiger partial charge in [-0.3, -0.25) is 14.5 Å². The number of carbonyl (C=O) groups excluding carboxylic acids is 2. The van der Waals surface area contributed by atoms with Crippen LogP contribution in [-0.2, 0) is 9.59 Å². The van der Waals surface area contributed by atoms with Crippen LogP contribution in [0.5, 0.6) is 0 Å². The van der Waals surface area contributed by atoms with Gasteiger partial charge in [0.05, 0.1) is 0 Å². The number of carbonyl (C=O) groups is 2. The Morgan fingerprint density at radius 3 is 2.47 bits per heavy atom. The molecule has 0 radical (unpaired) electrons. The molecule has 19 heavy (non-hydrogen) atoms. The molecule has 0 aromatic rings. The van der Waals surface area contributed by atoms with Crippen molar-refractivity contribution in [1.29, 1.82) is 0 Å². The van der Waals surface area contributed by atoms with Crippen LogP contribution in [0.4, 0.5) is 0 Å². The normalized spacial score (nSPS) is 24.1. The van der Waals surface area contributed by atoms with Crippen molar-refractivity contribution in [3.05, 3.63) is 12.7 Å². The average Bonchev–Trinajstić information content (AvgIpc) is 2.38. The second-order valence-electron chi connectivity index (χ2n) is 5.24. The molecule has 5 heteroatoms. The van der Waals surface area contributed by atoms with E-state index >= 15 is 0 Å². The van der Waals surface area contributed by atoms with E-state index in [2.05, 4.69) is 25.5 Å². The fourth-order valence-electron chi connectivity index (χ4n) is 2.38. The third-order valence-electron chi connectivity index (χ3n) is 3.81. The van der Waals surface area contributed by atoms with Crippen LogP contribution in [0.15, 0.2) is 12.7 Å². The second kappa shape index (κ2) is 6.70. The summed E-state index contributed by atoms with van der Waals surface area (Å²) in [6.45, 7) is 11.7. The molecule has 108 valence electrons. The Labute approximate surface area is 115 Å². The van der Waals surface area contributed by atoms with Crippen LogP contribution in [-0.4, -0.2) is 71.8 Å². The molecule has 1 heterocycles. The van der Waals surface area contributed by atoms with Crippen LogP contribution in [0.2, 0.25) is 0 Å². The van der Waals surface area contributed by atoms with Crippen molar-refractivity contribution in [2.75, 3.05) is 33.2 Å². The number of likely N-dealkylation sites (N-methyl/N-ethyl adjacent to an activating group) is 2. The number of amides is 2. The maximum Gasteiger partial charge on any atom is 0.246 e. The monoisotopic (exact) mass is 267 g/mol. The van der Waals surface area contributed by atoms with E-state index in [4.69, 9.17) is 0 Å².